The fraction of sp³-hybridized carbons (Fsp3) is 0.0833. The summed E-state index contributed by atoms with van der Waals surface area (Å²) in [7, 11) is 0. The molecule has 5 aromatic rings. The minimum atomic E-state index is 0.872. The van der Waals surface area contributed by atoms with Gasteiger partial charge in [0.15, 0.2) is 0 Å². The first kappa shape index (κ1) is 14.0. The number of aryl methyl sites for hydroxylation is 1. The molecule has 0 amide bonds. The minimum Gasteiger partial charge on any atom is -0.253 e. The zero-order chi connectivity index (χ0) is 17.3. The molecule has 2 heteroatoms. The smallest absolute Gasteiger partial charge is 0.0712 e. The van der Waals surface area contributed by atoms with Crippen molar-refractivity contribution in [2.24, 2.45) is 0 Å². The molecule has 2 heterocycles. The van der Waals surface area contributed by atoms with E-state index in [1.165, 1.54) is 43.9 Å². The van der Waals surface area contributed by atoms with Gasteiger partial charge in [0.05, 0.1) is 16.7 Å². The molecular weight excluding hydrogens is 316 g/mol. The molecule has 0 N–H and O–H groups in total. The maximum Gasteiger partial charge on any atom is 0.0712 e. The molecule has 0 atom stereocenters. The van der Waals surface area contributed by atoms with Crippen LogP contribution in [0.25, 0.3) is 43.7 Å². The number of aromatic nitrogens is 2. The molecule has 26 heavy (non-hydrogen) atoms. The lowest BCUT2D eigenvalue weighted by Gasteiger charge is -2.10. The summed E-state index contributed by atoms with van der Waals surface area (Å²) in [6, 6.07) is 23.7. The Labute approximate surface area is 151 Å². The van der Waals surface area contributed by atoms with E-state index in [1.807, 2.05) is 0 Å². The highest BCUT2D eigenvalue weighted by atomic mass is 14.7. The first-order valence-corrected chi connectivity index (χ1v) is 8.99. The number of rotatable bonds is 0. The molecule has 0 spiro atoms. The SMILES string of the molecule is Cc1nc2ccccc2c2c1Cc1nc3ccc4ccccc4c3cc1-2. The van der Waals surface area contributed by atoms with Crippen LogP contribution in [0.4, 0.5) is 0 Å². The number of para-hydroxylation sites is 1. The molecule has 122 valence electrons. The molecule has 0 radical (unpaired) electrons. The number of fused-ring (bicyclic) bond motifs is 8. The van der Waals surface area contributed by atoms with Gasteiger partial charge in [0, 0.05) is 28.5 Å². The van der Waals surface area contributed by atoms with Crippen molar-refractivity contribution in [3.8, 4) is 11.1 Å². The Balaban J connectivity index is 1.78. The lowest BCUT2D eigenvalue weighted by molar-refractivity contribution is 1.10. The standard InChI is InChI=1S/C24H16N2/c1-14-18-13-23-20(24(18)17-8-4-5-9-21(17)25-14)12-19-16-7-3-2-6-15(16)10-11-22(19)26-23/h2-12H,13H2,1H3. The molecule has 3 aromatic carbocycles. The maximum absolute atomic E-state index is 5.04. The van der Waals surface area contributed by atoms with E-state index < -0.39 is 0 Å². The average molecular weight is 332 g/mol. The van der Waals surface area contributed by atoms with E-state index in [0.717, 1.165) is 23.1 Å². The molecule has 0 unspecified atom stereocenters. The molecule has 0 saturated heterocycles. The Hall–Kier alpha value is -3.26. The summed E-state index contributed by atoms with van der Waals surface area (Å²) < 4.78 is 0. The lowest BCUT2D eigenvalue weighted by atomic mass is 9.98. The Morgan fingerprint density at radius 2 is 1.50 bits per heavy atom. The van der Waals surface area contributed by atoms with Gasteiger partial charge in [0.1, 0.15) is 0 Å². The van der Waals surface area contributed by atoms with E-state index in [-0.39, 0.29) is 0 Å². The van der Waals surface area contributed by atoms with Crippen LogP contribution in [0, 0.1) is 6.92 Å². The third kappa shape index (κ3) is 1.76. The third-order valence-electron chi connectivity index (χ3n) is 5.62. The second-order valence-electron chi connectivity index (χ2n) is 7.08. The van der Waals surface area contributed by atoms with Gasteiger partial charge in [-0.15, -0.1) is 0 Å². The highest BCUT2D eigenvalue weighted by Crippen LogP contribution is 2.43. The van der Waals surface area contributed by atoms with Crippen molar-refractivity contribution >= 4 is 32.6 Å². The molecule has 2 nitrogen and oxygen atoms in total. The molecule has 1 aliphatic carbocycles. The second kappa shape index (κ2) is 4.89. The van der Waals surface area contributed by atoms with Crippen molar-refractivity contribution in [3.05, 3.63) is 83.7 Å². The van der Waals surface area contributed by atoms with Crippen LogP contribution in [-0.2, 0) is 6.42 Å². The average Bonchev–Trinajstić information content (AvgIpc) is 3.06. The zero-order valence-corrected chi connectivity index (χ0v) is 14.5. The molecule has 0 fully saturated rings. The van der Waals surface area contributed by atoms with Gasteiger partial charge < -0.3 is 0 Å². The number of pyridine rings is 2. The van der Waals surface area contributed by atoms with Crippen LogP contribution in [0.5, 0.6) is 0 Å². The van der Waals surface area contributed by atoms with E-state index in [1.54, 1.807) is 0 Å². The van der Waals surface area contributed by atoms with Crippen LogP contribution in [0.1, 0.15) is 17.0 Å². The molecule has 0 saturated carbocycles. The lowest BCUT2D eigenvalue weighted by Crippen LogP contribution is -1.93. The first-order valence-electron chi connectivity index (χ1n) is 8.99. The van der Waals surface area contributed by atoms with Crippen LogP contribution in [0.15, 0.2) is 66.7 Å². The van der Waals surface area contributed by atoms with Crippen molar-refractivity contribution in [1.82, 2.24) is 9.97 Å². The van der Waals surface area contributed by atoms with E-state index in [0.29, 0.717) is 0 Å². The number of hydrogen-bond donors (Lipinski definition) is 0. The van der Waals surface area contributed by atoms with Crippen molar-refractivity contribution in [1.29, 1.82) is 0 Å². The summed E-state index contributed by atoms with van der Waals surface area (Å²) in [5.41, 5.74) is 8.34. The van der Waals surface area contributed by atoms with E-state index in [9.17, 15) is 0 Å². The van der Waals surface area contributed by atoms with Gasteiger partial charge in [-0.25, -0.2) is 0 Å². The van der Waals surface area contributed by atoms with Gasteiger partial charge >= 0.3 is 0 Å². The van der Waals surface area contributed by atoms with Gasteiger partial charge in [0.25, 0.3) is 0 Å². The van der Waals surface area contributed by atoms with Gasteiger partial charge in [-0.2, -0.15) is 0 Å². The summed E-state index contributed by atoms with van der Waals surface area (Å²) in [5.74, 6) is 0. The Bertz CT molecular complexity index is 1370. The quantitative estimate of drug-likeness (QED) is 0.328. The number of hydrogen-bond acceptors (Lipinski definition) is 2. The van der Waals surface area contributed by atoms with Crippen LogP contribution in [0.2, 0.25) is 0 Å². The monoisotopic (exact) mass is 332 g/mol. The summed E-state index contributed by atoms with van der Waals surface area (Å²) in [6.45, 7) is 2.12. The van der Waals surface area contributed by atoms with E-state index in [2.05, 4.69) is 73.7 Å². The fourth-order valence-electron chi connectivity index (χ4n) is 4.38. The fourth-order valence-corrected chi connectivity index (χ4v) is 4.38. The maximum atomic E-state index is 5.04. The topological polar surface area (TPSA) is 25.8 Å². The molecule has 0 bridgehead atoms. The predicted octanol–water partition coefficient (Wildman–Crippen LogP) is 5.82. The van der Waals surface area contributed by atoms with Crippen molar-refractivity contribution in [2.45, 2.75) is 13.3 Å². The summed E-state index contributed by atoms with van der Waals surface area (Å²) >= 11 is 0. The van der Waals surface area contributed by atoms with Crippen molar-refractivity contribution in [3.63, 3.8) is 0 Å². The van der Waals surface area contributed by atoms with Gasteiger partial charge in [-0.1, -0.05) is 48.5 Å². The molecule has 6 rings (SSSR count). The molecule has 2 aromatic heterocycles. The minimum absolute atomic E-state index is 0.872. The normalized spacial score (nSPS) is 12.7. The summed E-state index contributed by atoms with van der Waals surface area (Å²) in [6.07, 6.45) is 0.872. The Morgan fingerprint density at radius 1 is 0.731 bits per heavy atom. The first-order chi connectivity index (χ1) is 12.8. The molecule has 1 aliphatic rings. The van der Waals surface area contributed by atoms with E-state index >= 15 is 0 Å². The second-order valence-corrected chi connectivity index (χ2v) is 7.08. The van der Waals surface area contributed by atoms with Crippen molar-refractivity contribution < 1.29 is 0 Å². The third-order valence-corrected chi connectivity index (χ3v) is 5.62. The largest absolute Gasteiger partial charge is 0.253 e. The van der Waals surface area contributed by atoms with Crippen LogP contribution in [0.3, 0.4) is 0 Å². The number of benzene rings is 3. The summed E-state index contributed by atoms with van der Waals surface area (Å²) in [4.78, 5) is 9.86. The summed E-state index contributed by atoms with van der Waals surface area (Å²) in [5, 5.41) is 4.99. The predicted molar refractivity (Wildman–Crippen MR) is 108 cm³/mol. The van der Waals surface area contributed by atoms with Crippen molar-refractivity contribution in [2.75, 3.05) is 0 Å². The highest BCUT2D eigenvalue weighted by Gasteiger charge is 2.25. The Kier molecular flexibility index (Phi) is 2.63. The highest BCUT2D eigenvalue weighted by molar-refractivity contribution is 6.09. The van der Waals surface area contributed by atoms with Crippen LogP contribution >= 0.6 is 0 Å². The van der Waals surface area contributed by atoms with E-state index in [4.69, 9.17) is 9.97 Å². The number of nitrogens with zero attached hydrogens (tertiary/aromatic N) is 2. The molecular formula is C24H16N2. The van der Waals surface area contributed by atoms with Gasteiger partial charge in [-0.3, -0.25) is 9.97 Å². The van der Waals surface area contributed by atoms with Gasteiger partial charge in [-0.05, 0) is 47.0 Å². The Morgan fingerprint density at radius 3 is 2.42 bits per heavy atom. The van der Waals surface area contributed by atoms with Crippen LogP contribution in [-0.4, -0.2) is 9.97 Å². The molecule has 0 aliphatic heterocycles. The van der Waals surface area contributed by atoms with Gasteiger partial charge in [0.2, 0.25) is 0 Å². The zero-order valence-electron chi connectivity index (χ0n) is 14.5. The van der Waals surface area contributed by atoms with Crippen LogP contribution < -0.4 is 0 Å².